The first-order chi connectivity index (χ1) is 14.2. The minimum Gasteiger partial charge on any atom is -0.294 e. The molecular weight excluding hydrogens is 376 g/mol. The highest BCUT2D eigenvalue weighted by Crippen LogP contribution is 2.46. The van der Waals surface area contributed by atoms with Crippen LogP contribution in [0.1, 0.15) is 50.8 Å². The van der Waals surface area contributed by atoms with Gasteiger partial charge in [-0.1, -0.05) is 26.0 Å². The Morgan fingerprint density at radius 2 is 2.00 bits per heavy atom. The van der Waals surface area contributed by atoms with Crippen molar-refractivity contribution in [3.63, 3.8) is 0 Å². The highest BCUT2D eigenvalue weighted by atomic mass is 16.2. The molecule has 1 aliphatic carbocycles. The van der Waals surface area contributed by atoms with Gasteiger partial charge < -0.3 is 0 Å². The molecule has 1 unspecified atom stereocenters. The molecule has 153 valence electrons. The largest absolute Gasteiger partial charge is 0.331 e. The quantitative estimate of drug-likeness (QED) is 0.787. The minimum absolute atomic E-state index is 0.0570. The van der Waals surface area contributed by atoms with E-state index < -0.39 is 0 Å². The molecule has 0 saturated carbocycles. The van der Waals surface area contributed by atoms with Gasteiger partial charge >= 0.3 is 6.03 Å². The number of carbonyl (C=O) groups is 2. The van der Waals surface area contributed by atoms with Gasteiger partial charge in [-0.05, 0) is 55.5 Å². The van der Waals surface area contributed by atoms with Crippen LogP contribution >= 0.6 is 0 Å². The van der Waals surface area contributed by atoms with E-state index in [1.165, 1.54) is 0 Å². The topological polar surface area (TPSA) is 75.2 Å². The van der Waals surface area contributed by atoms with Crippen molar-refractivity contribution in [2.75, 3.05) is 5.32 Å². The van der Waals surface area contributed by atoms with E-state index in [1.54, 1.807) is 23.4 Å². The highest BCUT2D eigenvalue weighted by molar-refractivity contribution is 6.01. The van der Waals surface area contributed by atoms with Crippen molar-refractivity contribution in [1.82, 2.24) is 14.9 Å². The second-order valence-corrected chi connectivity index (χ2v) is 8.68. The minimum atomic E-state index is -0.333. The Kier molecular flexibility index (Phi) is 5.02. The predicted octanol–water partition coefficient (Wildman–Crippen LogP) is 4.77. The first-order valence-corrected chi connectivity index (χ1v) is 10.1. The molecule has 6 nitrogen and oxygen atoms in total. The van der Waals surface area contributed by atoms with Crippen molar-refractivity contribution >= 4 is 17.6 Å². The van der Waals surface area contributed by atoms with Crippen molar-refractivity contribution in [3.8, 4) is 0 Å². The summed E-state index contributed by atoms with van der Waals surface area (Å²) in [6.07, 6.45) is 7.89. The molecule has 4 rings (SSSR count). The standard InChI is InChI=1S/C24H25N4O2/c1-15-7-5-9-21(26-15)27-23(30)28-16(2)11-18(17-8-6-10-25-14-17)22-19(28)12-24(3,4)13-20(22)29/h5-10,14,18H,12-13H2,1-4H3,(H,26,27,30). The van der Waals surface area contributed by atoms with E-state index in [1.807, 2.05) is 38.1 Å². The van der Waals surface area contributed by atoms with E-state index in [-0.39, 0.29) is 23.1 Å². The molecule has 2 aromatic rings. The Labute approximate surface area is 176 Å². The monoisotopic (exact) mass is 401 g/mol. The number of urea groups is 1. The fraction of sp³-hybridized carbons (Fsp3) is 0.333. The Bertz CT molecular complexity index is 1070. The van der Waals surface area contributed by atoms with E-state index >= 15 is 0 Å². The SMILES string of the molecule is CC1=[C]C(c2cccnc2)C2=C(CC(C)(C)CC2=O)N1C(=O)Nc1cccc(C)n1. The van der Waals surface area contributed by atoms with Crippen molar-refractivity contribution < 1.29 is 9.59 Å². The zero-order chi connectivity index (χ0) is 21.5. The molecule has 1 aliphatic heterocycles. The zero-order valence-corrected chi connectivity index (χ0v) is 17.7. The summed E-state index contributed by atoms with van der Waals surface area (Å²) in [4.78, 5) is 36.6. The van der Waals surface area contributed by atoms with E-state index in [0.717, 1.165) is 17.0 Å². The fourth-order valence-electron chi connectivity index (χ4n) is 4.23. The van der Waals surface area contributed by atoms with Crippen LogP contribution in [0.25, 0.3) is 0 Å². The summed E-state index contributed by atoms with van der Waals surface area (Å²) < 4.78 is 0. The lowest BCUT2D eigenvalue weighted by atomic mass is 9.70. The molecule has 0 spiro atoms. The second-order valence-electron chi connectivity index (χ2n) is 8.68. The van der Waals surface area contributed by atoms with Crippen molar-refractivity contribution in [2.45, 2.75) is 46.5 Å². The van der Waals surface area contributed by atoms with Crippen LogP contribution < -0.4 is 5.32 Å². The summed E-state index contributed by atoms with van der Waals surface area (Å²) in [5, 5.41) is 2.87. The number of Topliss-reactive ketones (excluding diaryl/α,β-unsaturated/α-hetero) is 1. The number of nitrogens with zero attached hydrogens (tertiary/aromatic N) is 3. The van der Waals surface area contributed by atoms with Crippen LogP contribution in [0.2, 0.25) is 0 Å². The summed E-state index contributed by atoms with van der Waals surface area (Å²) in [5.74, 6) is 0.214. The molecule has 1 radical (unpaired) electrons. The number of allylic oxidation sites excluding steroid dienone is 4. The van der Waals surface area contributed by atoms with Gasteiger partial charge in [0.15, 0.2) is 5.78 Å². The van der Waals surface area contributed by atoms with E-state index in [0.29, 0.717) is 29.9 Å². The van der Waals surface area contributed by atoms with E-state index in [2.05, 4.69) is 35.2 Å². The second kappa shape index (κ2) is 7.52. The normalized spacial score (nSPS) is 20.5. The summed E-state index contributed by atoms with van der Waals surface area (Å²) in [6, 6.07) is 8.94. The summed E-state index contributed by atoms with van der Waals surface area (Å²) in [6.45, 7) is 7.84. The van der Waals surface area contributed by atoms with Crippen LogP contribution in [-0.2, 0) is 4.79 Å². The predicted molar refractivity (Wildman–Crippen MR) is 114 cm³/mol. The number of aryl methyl sites for hydroxylation is 1. The smallest absolute Gasteiger partial charge is 0.294 e. The Hall–Kier alpha value is -3.28. The average Bonchev–Trinajstić information content (AvgIpc) is 2.66. The van der Waals surface area contributed by atoms with Gasteiger partial charge in [-0.25, -0.2) is 9.78 Å². The number of nitrogens with one attached hydrogen (secondary N) is 1. The third-order valence-electron chi connectivity index (χ3n) is 5.49. The molecule has 0 bridgehead atoms. The Morgan fingerprint density at radius 3 is 2.70 bits per heavy atom. The maximum Gasteiger partial charge on any atom is 0.331 e. The number of ketones is 1. The molecule has 2 aromatic heterocycles. The van der Waals surface area contributed by atoms with Gasteiger partial charge in [-0.15, -0.1) is 0 Å². The van der Waals surface area contributed by atoms with Crippen molar-refractivity contribution in [2.24, 2.45) is 5.41 Å². The lowest BCUT2D eigenvalue weighted by molar-refractivity contribution is -0.118. The van der Waals surface area contributed by atoms with Gasteiger partial charge in [0, 0.05) is 47.4 Å². The maximum atomic E-state index is 13.3. The molecule has 1 N–H and O–H groups in total. The molecule has 30 heavy (non-hydrogen) atoms. The molecule has 0 fully saturated rings. The molecule has 6 heteroatoms. The summed E-state index contributed by atoms with van der Waals surface area (Å²) in [7, 11) is 0. The molecule has 3 heterocycles. The van der Waals surface area contributed by atoms with Gasteiger partial charge in [-0.3, -0.25) is 20.0 Å². The number of hydrogen-bond acceptors (Lipinski definition) is 4. The van der Waals surface area contributed by atoms with Crippen molar-refractivity contribution in [1.29, 1.82) is 0 Å². The van der Waals surface area contributed by atoms with Crippen LogP contribution in [0.4, 0.5) is 10.6 Å². The van der Waals surface area contributed by atoms with Gasteiger partial charge in [0.05, 0.1) is 0 Å². The maximum absolute atomic E-state index is 13.3. The van der Waals surface area contributed by atoms with Crippen molar-refractivity contribution in [3.05, 3.63) is 77.0 Å². The van der Waals surface area contributed by atoms with Crippen LogP contribution in [0.5, 0.6) is 0 Å². The fourth-order valence-corrected chi connectivity index (χ4v) is 4.23. The van der Waals surface area contributed by atoms with Gasteiger partial charge in [0.2, 0.25) is 0 Å². The first-order valence-electron chi connectivity index (χ1n) is 10.1. The van der Waals surface area contributed by atoms with Crippen LogP contribution in [0, 0.1) is 18.4 Å². The number of rotatable bonds is 2. The molecule has 1 atom stereocenters. The highest BCUT2D eigenvalue weighted by Gasteiger charge is 2.42. The lowest BCUT2D eigenvalue weighted by Crippen LogP contribution is -2.42. The van der Waals surface area contributed by atoms with Crippen LogP contribution in [-0.4, -0.2) is 26.7 Å². The zero-order valence-electron chi connectivity index (χ0n) is 17.7. The molecule has 0 saturated heterocycles. The van der Waals surface area contributed by atoms with Gasteiger partial charge in [-0.2, -0.15) is 0 Å². The van der Waals surface area contributed by atoms with E-state index in [4.69, 9.17) is 0 Å². The molecule has 0 aromatic carbocycles. The summed E-state index contributed by atoms with van der Waals surface area (Å²) in [5.41, 5.74) is 3.53. The summed E-state index contributed by atoms with van der Waals surface area (Å²) >= 11 is 0. The first kappa shape index (κ1) is 20.0. The number of pyridine rings is 2. The molecule has 2 aliphatic rings. The lowest BCUT2D eigenvalue weighted by Gasteiger charge is -2.41. The number of hydrogen-bond donors (Lipinski definition) is 1. The van der Waals surface area contributed by atoms with Crippen LogP contribution in [0.3, 0.4) is 0 Å². The Morgan fingerprint density at radius 1 is 1.20 bits per heavy atom. The number of carbonyl (C=O) groups excluding carboxylic acids is 2. The average molecular weight is 401 g/mol. The number of aromatic nitrogens is 2. The molecular formula is C24H25N4O2. The third-order valence-corrected chi connectivity index (χ3v) is 5.49. The van der Waals surface area contributed by atoms with Gasteiger partial charge in [0.1, 0.15) is 5.82 Å². The van der Waals surface area contributed by atoms with E-state index in [9.17, 15) is 9.59 Å². The number of anilines is 1. The van der Waals surface area contributed by atoms with Crippen LogP contribution in [0.15, 0.2) is 59.7 Å². The number of amides is 2. The molecule has 2 amide bonds. The Balaban J connectivity index is 1.77. The van der Waals surface area contributed by atoms with Gasteiger partial charge in [0.25, 0.3) is 0 Å². The third kappa shape index (κ3) is 3.77.